The summed E-state index contributed by atoms with van der Waals surface area (Å²) in [5.41, 5.74) is 9.38. The number of amides is 3. The predicted octanol–water partition coefficient (Wildman–Crippen LogP) is 4.33. The van der Waals surface area contributed by atoms with Crippen LogP contribution in [-0.4, -0.2) is 37.7 Å². The summed E-state index contributed by atoms with van der Waals surface area (Å²) in [5.74, 6) is -0.196. The van der Waals surface area contributed by atoms with Crippen molar-refractivity contribution in [3.05, 3.63) is 77.9 Å². The number of carbonyl (C=O) groups excluding carboxylic acids is 2. The molecular formula is C25H21ClN4O4S. The first-order valence-electron chi connectivity index (χ1n) is 10.6. The normalized spacial score (nSPS) is 16.6. The van der Waals surface area contributed by atoms with E-state index in [4.69, 9.17) is 5.73 Å². The van der Waals surface area contributed by atoms with Gasteiger partial charge in [0, 0.05) is 28.5 Å². The number of nitrogen functional groups attached to an aromatic ring is 1. The van der Waals surface area contributed by atoms with Crippen LogP contribution in [-0.2, 0) is 16.3 Å². The van der Waals surface area contributed by atoms with E-state index in [1.54, 1.807) is 35.2 Å². The fraction of sp³-hybridized carbons (Fsp3) is 0.120. The molecule has 0 saturated heterocycles. The first-order chi connectivity index (χ1) is 16.3. The van der Waals surface area contributed by atoms with Gasteiger partial charge in [0.05, 0.1) is 11.1 Å². The number of carbonyl (C=O) groups is 2. The van der Waals surface area contributed by atoms with E-state index >= 15 is 0 Å². The Labute approximate surface area is 208 Å². The molecule has 178 valence electrons. The van der Waals surface area contributed by atoms with Crippen molar-refractivity contribution in [2.45, 2.75) is 24.3 Å². The molecule has 2 heterocycles. The molecule has 35 heavy (non-hydrogen) atoms. The van der Waals surface area contributed by atoms with Gasteiger partial charge in [0.1, 0.15) is 0 Å². The Kier molecular flexibility index (Phi) is 6.31. The van der Waals surface area contributed by atoms with Crippen LogP contribution >= 0.6 is 12.4 Å². The van der Waals surface area contributed by atoms with Gasteiger partial charge in [-0.05, 0) is 60.9 Å². The molecule has 2 N–H and O–H groups in total. The monoisotopic (exact) mass is 508 g/mol. The standard InChI is InChI=1S/C25H20N4O4S.ClH/c1-15-13-19-20(29(15)24(30)17-7-9-18(26)10-8-17)11-12-21(23(19)16-5-3-2-4-6-16)34(32,33)22-14-27-25(31)28-22;/h2-12,14-15H,13,26H2,1H3;1H. The summed E-state index contributed by atoms with van der Waals surface area (Å²) in [7, 11) is -4.12. The summed E-state index contributed by atoms with van der Waals surface area (Å²) in [6.45, 7) is 1.92. The van der Waals surface area contributed by atoms with Crippen LogP contribution in [0.25, 0.3) is 11.1 Å². The van der Waals surface area contributed by atoms with Crippen LogP contribution in [0.4, 0.5) is 16.2 Å². The first kappa shape index (κ1) is 24.3. The van der Waals surface area contributed by atoms with Crippen LogP contribution < -0.4 is 10.6 Å². The molecule has 0 aliphatic carbocycles. The number of hydrogen-bond acceptors (Lipinski definition) is 5. The van der Waals surface area contributed by atoms with Gasteiger partial charge in [-0.25, -0.2) is 13.2 Å². The molecule has 2 aliphatic rings. The number of fused-ring (bicyclic) bond motifs is 1. The number of sulfone groups is 1. The van der Waals surface area contributed by atoms with Crippen molar-refractivity contribution in [3.8, 4) is 11.1 Å². The molecule has 0 fully saturated rings. The third kappa shape index (κ3) is 4.13. The van der Waals surface area contributed by atoms with Crippen LogP contribution in [0.1, 0.15) is 22.8 Å². The minimum Gasteiger partial charge on any atom is -0.399 e. The van der Waals surface area contributed by atoms with E-state index in [1.807, 2.05) is 37.3 Å². The van der Waals surface area contributed by atoms with Crippen LogP contribution in [0, 0.1) is 0 Å². The van der Waals surface area contributed by atoms with E-state index in [0.717, 1.165) is 11.8 Å². The molecule has 1 unspecified atom stereocenters. The Morgan fingerprint density at radius 2 is 1.71 bits per heavy atom. The Bertz CT molecular complexity index is 1500. The fourth-order valence-corrected chi connectivity index (χ4v) is 5.77. The molecule has 3 amide bonds. The number of rotatable bonds is 3. The molecule has 0 saturated carbocycles. The summed E-state index contributed by atoms with van der Waals surface area (Å²) in [5, 5.41) is -0.393. The zero-order valence-corrected chi connectivity index (χ0v) is 20.2. The number of anilines is 2. The van der Waals surface area contributed by atoms with Crippen molar-refractivity contribution in [3.63, 3.8) is 0 Å². The lowest BCUT2D eigenvalue weighted by Gasteiger charge is -2.23. The zero-order valence-electron chi connectivity index (χ0n) is 18.6. The summed E-state index contributed by atoms with van der Waals surface area (Å²) < 4.78 is 26.9. The van der Waals surface area contributed by atoms with Crippen LogP contribution in [0.3, 0.4) is 0 Å². The molecule has 0 radical (unpaired) electrons. The highest BCUT2D eigenvalue weighted by Gasteiger charge is 2.37. The third-order valence-corrected chi connectivity index (χ3v) is 7.61. The number of nitrogens with zero attached hydrogens (tertiary/aromatic N) is 3. The van der Waals surface area contributed by atoms with Gasteiger partial charge in [-0.15, -0.1) is 12.4 Å². The SMILES string of the molecule is CC1Cc2c(ccc(S(=O)(=O)C3=NC(=O)N=C3)c2-c2ccccc2)N1C(=O)c1ccc(N)cc1.Cl. The second-order valence-electron chi connectivity index (χ2n) is 8.15. The lowest BCUT2D eigenvalue weighted by molar-refractivity contribution is 0.0981. The summed E-state index contributed by atoms with van der Waals surface area (Å²) in [6.07, 6.45) is 1.43. The van der Waals surface area contributed by atoms with Gasteiger partial charge in [-0.3, -0.25) is 4.79 Å². The average Bonchev–Trinajstić information content (AvgIpc) is 3.42. The van der Waals surface area contributed by atoms with Gasteiger partial charge < -0.3 is 10.6 Å². The lowest BCUT2D eigenvalue weighted by Crippen LogP contribution is -2.35. The Morgan fingerprint density at radius 3 is 2.34 bits per heavy atom. The highest BCUT2D eigenvalue weighted by atomic mass is 35.5. The van der Waals surface area contributed by atoms with Crippen molar-refractivity contribution in [2.24, 2.45) is 9.98 Å². The van der Waals surface area contributed by atoms with Crippen molar-refractivity contribution in [2.75, 3.05) is 10.6 Å². The predicted molar refractivity (Wildman–Crippen MR) is 138 cm³/mol. The fourth-order valence-electron chi connectivity index (χ4n) is 4.40. The minimum atomic E-state index is -4.12. The van der Waals surface area contributed by atoms with Crippen LogP contribution in [0.5, 0.6) is 0 Å². The second kappa shape index (κ2) is 9.09. The third-order valence-electron chi connectivity index (χ3n) is 5.94. The van der Waals surface area contributed by atoms with E-state index in [9.17, 15) is 18.0 Å². The number of urea groups is 1. The molecule has 3 aromatic rings. The highest BCUT2D eigenvalue weighted by molar-refractivity contribution is 8.08. The Hall–Kier alpha value is -3.82. The smallest absolute Gasteiger partial charge is 0.368 e. The molecule has 5 rings (SSSR count). The number of halogens is 1. The topological polar surface area (TPSA) is 122 Å². The molecule has 2 aliphatic heterocycles. The summed E-state index contributed by atoms with van der Waals surface area (Å²) in [6, 6.07) is 17.9. The number of hydrogen-bond donors (Lipinski definition) is 1. The van der Waals surface area contributed by atoms with Crippen LogP contribution in [0.2, 0.25) is 0 Å². The largest absolute Gasteiger partial charge is 0.399 e. The Morgan fingerprint density at radius 1 is 1.03 bits per heavy atom. The van der Waals surface area contributed by atoms with Crippen LogP contribution in [0.15, 0.2) is 81.6 Å². The molecule has 1 atom stereocenters. The van der Waals surface area contributed by atoms with Gasteiger partial charge in [-0.2, -0.15) is 9.98 Å². The van der Waals surface area contributed by atoms with Crippen molar-refractivity contribution < 1.29 is 18.0 Å². The molecule has 8 nitrogen and oxygen atoms in total. The second-order valence-corrected chi connectivity index (χ2v) is 10.0. The summed E-state index contributed by atoms with van der Waals surface area (Å²) in [4.78, 5) is 33.6. The van der Waals surface area contributed by atoms with Gasteiger partial charge in [0.25, 0.3) is 5.91 Å². The average molecular weight is 509 g/mol. The quantitative estimate of drug-likeness (QED) is 0.528. The number of benzene rings is 3. The van der Waals surface area contributed by atoms with Gasteiger partial charge in [-0.1, -0.05) is 30.3 Å². The molecule has 0 bridgehead atoms. The molecule has 3 aromatic carbocycles. The lowest BCUT2D eigenvalue weighted by atomic mass is 9.97. The van der Waals surface area contributed by atoms with Crippen molar-refractivity contribution in [1.82, 2.24) is 0 Å². The van der Waals surface area contributed by atoms with E-state index in [2.05, 4.69) is 9.98 Å². The van der Waals surface area contributed by atoms with Gasteiger partial charge >= 0.3 is 6.03 Å². The maximum atomic E-state index is 13.5. The number of aliphatic imine (C=N–C) groups is 2. The van der Waals surface area contributed by atoms with Crippen molar-refractivity contribution in [1.29, 1.82) is 0 Å². The highest BCUT2D eigenvalue weighted by Crippen LogP contribution is 2.43. The molecule has 10 heteroatoms. The van der Waals surface area contributed by atoms with Crippen molar-refractivity contribution >= 4 is 56.8 Å². The van der Waals surface area contributed by atoms with E-state index in [-0.39, 0.29) is 29.3 Å². The van der Waals surface area contributed by atoms with Gasteiger partial charge in [0.2, 0.25) is 9.84 Å². The molecular weight excluding hydrogens is 488 g/mol. The number of nitrogens with two attached hydrogens (primary N) is 1. The first-order valence-corrected chi connectivity index (χ1v) is 12.1. The molecule has 0 aromatic heterocycles. The zero-order chi connectivity index (χ0) is 24.0. The van der Waals surface area contributed by atoms with E-state index in [1.165, 1.54) is 6.07 Å². The van der Waals surface area contributed by atoms with Gasteiger partial charge in [0.15, 0.2) is 5.04 Å². The maximum Gasteiger partial charge on any atom is 0.368 e. The van der Waals surface area contributed by atoms with E-state index in [0.29, 0.717) is 34.5 Å². The molecule has 0 spiro atoms. The maximum absolute atomic E-state index is 13.5. The Balaban J connectivity index is 0.00000289. The van der Waals surface area contributed by atoms with E-state index < -0.39 is 20.9 Å². The minimum absolute atomic E-state index is 0. The summed E-state index contributed by atoms with van der Waals surface area (Å²) >= 11 is 0.